The monoisotopic (exact) mass is 382 g/mol. The van der Waals surface area contributed by atoms with Gasteiger partial charge in [-0.05, 0) is 48.9 Å². The van der Waals surface area contributed by atoms with Gasteiger partial charge < -0.3 is 20.3 Å². The molecule has 0 aliphatic rings. The van der Waals surface area contributed by atoms with Crippen LogP contribution >= 0.6 is 0 Å². The molecule has 0 aromatic heterocycles. The van der Waals surface area contributed by atoms with Crippen LogP contribution < -0.4 is 10.4 Å². The first kappa shape index (κ1) is 22.1. The summed E-state index contributed by atoms with van der Waals surface area (Å²) in [5.41, 5.74) is 2.97. The number of rotatable bonds is 13. The topological polar surface area (TPSA) is 72.4 Å². The molecule has 0 spiro atoms. The van der Waals surface area contributed by atoms with E-state index in [-0.39, 0.29) is 0 Å². The molecule has 4 heteroatoms. The summed E-state index contributed by atoms with van der Waals surface area (Å²) in [6.45, 7) is 3.35. The van der Waals surface area contributed by atoms with Gasteiger partial charge in [0.25, 0.3) is 0 Å². The van der Waals surface area contributed by atoms with Crippen molar-refractivity contribution in [2.75, 3.05) is 13.1 Å². The lowest BCUT2D eigenvalue weighted by Gasteiger charge is -2.20. The van der Waals surface area contributed by atoms with E-state index < -0.39 is 18.0 Å². The van der Waals surface area contributed by atoms with E-state index in [1.54, 1.807) is 0 Å². The summed E-state index contributed by atoms with van der Waals surface area (Å²) in [6.07, 6.45) is 5.34. The average molecular weight is 383 g/mol. The first-order valence-corrected chi connectivity index (χ1v) is 10.4. The molecule has 2 aromatic rings. The van der Waals surface area contributed by atoms with Crippen LogP contribution in [0, 0.1) is 0 Å². The van der Waals surface area contributed by atoms with Gasteiger partial charge in [0.05, 0.1) is 6.10 Å². The molecular formula is C24H32NO3-. The maximum absolute atomic E-state index is 11.4. The van der Waals surface area contributed by atoms with Crippen molar-refractivity contribution in [1.82, 2.24) is 5.32 Å². The van der Waals surface area contributed by atoms with Crippen LogP contribution in [0.3, 0.4) is 0 Å². The molecule has 2 aromatic carbocycles. The number of hydrogen-bond donors (Lipinski definition) is 2. The van der Waals surface area contributed by atoms with E-state index >= 15 is 0 Å². The Morgan fingerprint density at radius 2 is 1.68 bits per heavy atom. The highest BCUT2D eigenvalue weighted by Gasteiger charge is 2.14. The molecule has 4 nitrogen and oxygen atoms in total. The molecule has 0 saturated carbocycles. The Balaban J connectivity index is 1.63. The summed E-state index contributed by atoms with van der Waals surface area (Å²) in [5, 5.41) is 24.8. The maximum atomic E-state index is 11.4. The van der Waals surface area contributed by atoms with Crippen LogP contribution in [0.1, 0.15) is 67.7 Å². The van der Waals surface area contributed by atoms with Gasteiger partial charge in [0.1, 0.15) is 0 Å². The number of nitrogens with one attached hydrogen (secondary N) is 1. The summed E-state index contributed by atoms with van der Waals surface area (Å²) in [6, 6.07) is 17.5. The molecule has 0 heterocycles. The van der Waals surface area contributed by atoms with E-state index in [1.807, 2.05) is 61.5 Å². The molecule has 0 fully saturated rings. The number of benzene rings is 2. The fourth-order valence-corrected chi connectivity index (χ4v) is 3.57. The van der Waals surface area contributed by atoms with Crippen LogP contribution in [0.25, 0.3) is 0 Å². The second kappa shape index (κ2) is 12.3. The fraction of sp³-hybridized carbons (Fsp3) is 0.458. The standard InChI is InChI=1S/C24H33NO3/c1-2-21(24(27)28)22-16-10-9-13-19(22)12-6-3-4-11-17-25-18-23(26)20-14-7-5-8-15-20/h5,7-10,13-16,21,23,25-26H,2-4,6,11-12,17-18H2,1H3,(H,27,28)/p-1. The fourth-order valence-electron chi connectivity index (χ4n) is 3.57. The van der Waals surface area contributed by atoms with Crippen LogP contribution in [0.4, 0.5) is 0 Å². The average Bonchev–Trinajstić information content (AvgIpc) is 2.71. The molecule has 152 valence electrons. The van der Waals surface area contributed by atoms with Gasteiger partial charge in [-0.2, -0.15) is 0 Å². The molecule has 2 unspecified atom stereocenters. The molecular weight excluding hydrogens is 350 g/mol. The van der Waals surface area contributed by atoms with E-state index in [0.717, 1.165) is 55.3 Å². The molecule has 2 N–H and O–H groups in total. The quantitative estimate of drug-likeness (QED) is 0.521. The van der Waals surface area contributed by atoms with E-state index in [4.69, 9.17) is 0 Å². The molecule has 2 atom stereocenters. The minimum Gasteiger partial charge on any atom is -0.549 e. The first-order valence-electron chi connectivity index (χ1n) is 10.4. The van der Waals surface area contributed by atoms with Crippen molar-refractivity contribution in [3.05, 3.63) is 71.3 Å². The predicted octanol–water partition coefficient (Wildman–Crippen LogP) is 3.36. The van der Waals surface area contributed by atoms with Gasteiger partial charge in [0, 0.05) is 18.4 Å². The SMILES string of the molecule is CCC(C(=O)[O-])c1ccccc1CCCCCCNCC(O)c1ccccc1. The summed E-state index contributed by atoms with van der Waals surface area (Å²) < 4.78 is 0. The highest BCUT2D eigenvalue weighted by molar-refractivity contribution is 5.74. The van der Waals surface area contributed by atoms with Gasteiger partial charge in [0.2, 0.25) is 0 Å². The van der Waals surface area contributed by atoms with E-state index in [9.17, 15) is 15.0 Å². The molecule has 0 amide bonds. The zero-order chi connectivity index (χ0) is 20.2. The summed E-state index contributed by atoms with van der Waals surface area (Å²) in [5.74, 6) is -1.50. The van der Waals surface area contributed by atoms with Gasteiger partial charge in [0.15, 0.2) is 0 Å². The lowest BCUT2D eigenvalue weighted by Crippen LogP contribution is -2.30. The van der Waals surface area contributed by atoms with Crippen molar-refractivity contribution in [2.24, 2.45) is 0 Å². The molecule has 0 saturated heterocycles. The Morgan fingerprint density at radius 3 is 2.39 bits per heavy atom. The van der Waals surface area contributed by atoms with Crippen molar-refractivity contribution < 1.29 is 15.0 Å². The van der Waals surface area contributed by atoms with Gasteiger partial charge in [-0.15, -0.1) is 0 Å². The number of carboxylic acid groups (broad SMARTS) is 1. The highest BCUT2D eigenvalue weighted by atomic mass is 16.4. The van der Waals surface area contributed by atoms with Crippen LogP contribution in [0.5, 0.6) is 0 Å². The number of carboxylic acids is 1. The first-order chi connectivity index (χ1) is 13.6. The number of aliphatic carboxylic acids is 1. The second-order valence-corrected chi connectivity index (χ2v) is 7.27. The third kappa shape index (κ3) is 7.10. The van der Waals surface area contributed by atoms with Gasteiger partial charge in [-0.25, -0.2) is 0 Å². The number of carbonyl (C=O) groups excluding carboxylic acids is 1. The van der Waals surface area contributed by atoms with Crippen LogP contribution in [-0.2, 0) is 11.2 Å². The molecule has 0 radical (unpaired) electrons. The van der Waals surface area contributed by atoms with Crippen LogP contribution in [-0.4, -0.2) is 24.2 Å². The number of aliphatic hydroxyl groups is 1. The van der Waals surface area contributed by atoms with Crippen molar-refractivity contribution in [3.8, 4) is 0 Å². The second-order valence-electron chi connectivity index (χ2n) is 7.27. The number of carbonyl (C=O) groups is 1. The Bertz CT molecular complexity index is 702. The van der Waals surface area contributed by atoms with E-state index in [0.29, 0.717) is 13.0 Å². The van der Waals surface area contributed by atoms with Gasteiger partial charge in [-0.3, -0.25) is 0 Å². The molecule has 0 bridgehead atoms. The number of hydrogen-bond acceptors (Lipinski definition) is 4. The zero-order valence-corrected chi connectivity index (χ0v) is 16.8. The van der Waals surface area contributed by atoms with E-state index in [2.05, 4.69) is 5.32 Å². The number of unbranched alkanes of at least 4 members (excludes halogenated alkanes) is 3. The Morgan fingerprint density at radius 1 is 1.00 bits per heavy atom. The zero-order valence-electron chi connectivity index (χ0n) is 16.8. The van der Waals surface area contributed by atoms with Crippen molar-refractivity contribution in [1.29, 1.82) is 0 Å². The Kier molecular flexibility index (Phi) is 9.73. The van der Waals surface area contributed by atoms with Crippen molar-refractivity contribution >= 4 is 5.97 Å². The van der Waals surface area contributed by atoms with Crippen LogP contribution in [0.2, 0.25) is 0 Å². The largest absolute Gasteiger partial charge is 0.549 e. The van der Waals surface area contributed by atoms with Gasteiger partial charge in [-0.1, -0.05) is 74.4 Å². The molecule has 28 heavy (non-hydrogen) atoms. The third-order valence-electron chi connectivity index (χ3n) is 5.19. The van der Waals surface area contributed by atoms with Crippen LogP contribution in [0.15, 0.2) is 54.6 Å². The predicted molar refractivity (Wildman–Crippen MR) is 111 cm³/mol. The highest BCUT2D eigenvalue weighted by Crippen LogP contribution is 2.24. The normalized spacial score (nSPS) is 13.2. The summed E-state index contributed by atoms with van der Waals surface area (Å²) in [4.78, 5) is 11.4. The number of aliphatic hydroxyl groups excluding tert-OH is 1. The Labute approximate surface area is 168 Å². The smallest absolute Gasteiger partial charge is 0.0914 e. The minimum absolute atomic E-state index is 0.465. The third-order valence-corrected chi connectivity index (χ3v) is 5.19. The molecule has 0 aliphatic heterocycles. The van der Waals surface area contributed by atoms with E-state index in [1.165, 1.54) is 0 Å². The summed E-state index contributed by atoms with van der Waals surface area (Å²) in [7, 11) is 0. The van der Waals surface area contributed by atoms with Crippen molar-refractivity contribution in [3.63, 3.8) is 0 Å². The molecule has 2 rings (SSSR count). The molecule has 0 aliphatic carbocycles. The summed E-state index contributed by atoms with van der Waals surface area (Å²) >= 11 is 0. The maximum Gasteiger partial charge on any atom is 0.0914 e. The van der Waals surface area contributed by atoms with Crippen molar-refractivity contribution in [2.45, 2.75) is 57.5 Å². The number of aryl methyl sites for hydroxylation is 1. The lowest BCUT2D eigenvalue weighted by atomic mass is 9.90. The Hall–Kier alpha value is -2.17. The minimum atomic E-state index is -0.987. The lowest BCUT2D eigenvalue weighted by molar-refractivity contribution is -0.308. The van der Waals surface area contributed by atoms with Gasteiger partial charge >= 0.3 is 0 Å².